The van der Waals surface area contributed by atoms with Crippen molar-refractivity contribution in [3.8, 4) is 0 Å². The number of rotatable bonds is 3. The second-order valence-corrected chi connectivity index (χ2v) is 6.94. The Morgan fingerprint density at radius 2 is 1.82 bits per heavy atom. The molecular formula is C16H17N3O2S. The molecular weight excluding hydrogens is 298 g/mol. The summed E-state index contributed by atoms with van der Waals surface area (Å²) in [4.78, 5) is 4.71. The van der Waals surface area contributed by atoms with E-state index in [-0.39, 0.29) is 4.90 Å². The monoisotopic (exact) mass is 315 g/mol. The van der Waals surface area contributed by atoms with Crippen LogP contribution in [0.4, 0.5) is 5.69 Å². The highest BCUT2D eigenvalue weighted by Gasteiger charge is 2.17. The van der Waals surface area contributed by atoms with Crippen molar-refractivity contribution >= 4 is 26.7 Å². The van der Waals surface area contributed by atoms with Crippen LogP contribution >= 0.6 is 0 Å². The summed E-state index contributed by atoms with van der Waals surface area (Å²) in [7, 11) is -1.67. The quantitative estimate of drug-likeness (QED) is 0.808. The number of aryl methyl sites for hydroxylation is 3. The smallest absolute Gasteiger partial charge is 0.262 e. The van der Waals surface area contributed by atoms with Crippen molar-refractivity contribution in [2.75, 3.05) is 4.72 Å². The Morgan fingerprint density at radius 3 is 2.55 bits per heavy atom. The lowest BCUT2D eigenvalue weighted by molar-refractivity contribution is 0.600. The number of fused-ring (bicyclic) bond motifs is 1. The summed E-state index contributed by atoms with van der Waals surface area (Å²) in [6, 6.07) is 12.3. The molecule has 114 valence electrons. The summed E-state index contributed by atoms with van der Waals surface area (Å²) in [6.45, 7) is 3.69. The third-order valence-electron chi connectivity index (χ3n) is 3.74. The lowest BCUT2D eigenvalue weighted by Crippen LogP contribution is -2.14. The Balaban J connectivity index is 2.01. The minimum absolute atomic E-state index is 0.285. The number of benzene rings is 2. The van der Waals surface area contributed by atoms with Crippen LogP contribution in [0.1, 0.15) is 11.4 Å². The molecule has 0 saturated heterocycles. The summed E-state index contributed by atoms with van der Waals surface area (Å²) in [5, 5.41) is 0. The molecule has 1 N–H and O–H groups in total. The van der Waals surface area contributed by atoms with Crippen molar-refractivity contribution in [3.63, 3.8) is 0 Å². The first-order valence-corrected chi connectivity index (χ1v) is 8.38. The van der Waals surface area contributed by atoms with Gasteiger partial charge >= 0.3 is 0 Å². The van der Waals surface area contributed by atoms with E-state index in [2.05, 4.69) is 9.71 Å². The van der Waals surface area contributed by atoms with E-state index >= 15 is 0 Å². The molecule has 1 aromatic heterocycles. The SMILES string of the molecule is Cc1ccccc1S(=O)(=O)Nc1ccc2c(c1)nc(C)n2C. The van der Waals surface area contributed by atoms with E-state index in [9.17, 15) is 8.42 Å². The van der Waals surface area contributed by atoms with E-state index in [0.29, 0.717) is 11.3 Å². The van der Waals surface area contributed by atoms with Crippen LogP contribution in [-0.2, 0) is 17.1 Å². The van der Waals surface area contributed by atoms with Crippen LogP contribution in [0.3, 0.4) is 0 Å². The van der Waals surface area contributed by atoms with Crippen LogP contribution in [0.5, 0.6) is 0 Å². The van der Waals surface area contributed by atoms with Gasteiger partial charge < -0.3 is 4.57 Å². The van der Waals surface area contributed by atoms with E-state index in [1.807, 2.05) is 30.7 Å². The van der Waals surface area contributed by atoms with E-state index in [1.54, 1.807) is 37.3 Å². The van der Waals surface area contributed by atoms with Gasteiger partial charge in [0.2, 0.25) is 0 Å². The van der Waals surface area contributed by atoms with Crippen molar-refractivity contribution in [1.82, 2.24) is 9.55 Å². The number of sulfonamides is 1. The predicted molar refractivity (Wildman–Crippen MR) is 87.4 cm³/mol. The predicted octanol–water partition coefficient (Wildman–Crippen LogP) is 2.99. The first kappa shape index (κ1) is 14.6. The third kappa shape index (κ3) is 2.46. The first-order valence-electron chi connectivity index (χ1n) is 6.90. The number of nitrogens with zero attached hydrogens (tertiary/aromatic N) is 2. The Bertz CT molecular complexity index is 959. The zero-order chi connectivity index (χ0) is 15.9. The molecule has 3 rings (SSSR count). The average Bonchev–Trinajstić information content (AvgIpc) is 2.73. The van der Waals surface area contributed by atoms with Crippen molar-refractivity contribution < 1.29 is 8.42 Å². The molecule has 0 amide bonds. The number of hydrogen-bond acceptors (Lipinski definition) is 3. The Hall–Kier alpha value is -2.34. The highest BCUT2D eigenvalue weighted by Crippen LogP contribution is 2.23. The van der Waals surface area contributed by atoms with Crippen LogP contribution in [0.25, 0.3) is 11.0 Å². The van der Waals surface area contributed by atoms with Gasteiger partial charge in [0.15, 0.2) is 0 Å². The van der Waals surface area contributed by atoms with Crippen LogP contribution < -0.4 is 4.72 Å². The lowest BCUT2D eigenvalue weighted by Gasteiger charge is -2.10. The molecule has 22 heavy (non-hydrogen) atoms. The molecule has 0 atom stereocenters. The lowest BCUT2D eigenvalue weighted by atomic mass is 10.2. The maximum absolute atomic E-state index is 12.5. The molecule has 1 heterocycles. The van der Waals surface area contributed by atoms with Crippen LogP contribution in [-0.4, -0.2) is 18.0 Å². The molecule has 0 spiro atoms. The van der Waals surface area contributed by atoms with Crippen molar-refractivity contribution in [1.29, 1.82) is 0 Å². The largest absolute Gasteiger partial charge is 0.331 e. The molecule has 3 aromatic rings. The summed E-state index contributed by atoms with van der Waals surface area (Å²) in [5.74, 6) is 0.883. The van der Waals surface area contributed by atoms with E-state index < -0.39 is 10.0 Å². The van der Waals surface area contributed by atoms with Crippen molar-refractivity contribution in [2.45, 2.75) is 18.7 Å². The van der Waals surface area contributed by atoms with Gasteiger partial charge in [0, 0.05) is 7.05 Å². The fourth-order valence-corrected chi connectivity index (χ4v) is 3.75. The Kier molecular flexibility index (Phi) is 3.41. The molecule has 0 unspecified atom stereocenters. The molecule has 0 saturated carbocycles. The Morgan fingerprint density at radius 1 is 1.09 bits per heavy atom. The van der Waals surface area contributed by atoms with Gasteiger partial charge in [-0.2, -0.15) is 0 Å². The summed E-state index contributed by atoms with van der Waals surface area (Å²) < 4.78 is 29.6. The van der Waals surface area contributed by atoms with Gasteiger partial charge in [-0.3, -0.25) is 4.72 Å². The molecule has 0 fully saturated rings. The standard InChI is InChI=1S/C16H17N3O2S/c1-11-6-4-5-7-16(11)22(20,21)18-13-8-9-15-14(10-13)17-12(2)19(15)3/h4-10,18H,1-3H3. The zero-order valence-corrected chi connectivity index (χ0v) is 13.5. The van der Waals surface area contributed by atoms with Gasteiger partial charge in [-0.15, -0.1) is 0 Å². The Labute approximate surface area is 129 Å². The van der Waals surface area contributed by atoms with E-state index in [0.717, 1.165) is 16.9 Å². The normalized spacial score (nSPS) is 11.8. The minimum Gasteiger partial charge on any atom is -0.331 e. The average molecular weight is 315 g/mol. The maximum atomic E-state index is 12.5. The summed E-state index contributed by atoms with van der Waals surface area (Å²) in [6.07, 6.45) is 0. The van der Waals surface area contributed by atoms with Crippen molar-refractivity contribution in [2.24, 2.45) is 7.05 Å². The van der Waals surface area contributed by atoms with Crippen LogP contribution in [0, 0.1) is 13.8 Å². The highest BCUT2D eigenvalue weighted by molar-refractivity contribution is 7.92. The number of nitrogens with one attached hydrogen (secondary N) is 1. The number of imidazole rings is 1. The van der Waals surface area contributed by atoms with E-state index in [1.165, 1.54) is 0 Å². The molecule has 0 aliphatic heterocycles. The molecule has 5 nitrogen and oxygen atoms in total. The molecule has 0 aliphatic rings. The summed E-state index contributed by atoms with van der Waals surface area (Å²) in [5.41, 5.74) is 2.96. The third-order valence-corrected chi connectivity index (χ3v) is 5.28. The zero-order valence-electron chi connectivity index (χ0n) is 12.7. The fourth-order valence-electron chi connectivity index (χ4n) is 2.45. The number of hydrogen-bond donors (Lipinski definition) is 1. The van der Waals surface area contributed by atoms with Gasteiger partial charge in [0.05, 0.1) is 21.6 Å². The van der Waals surface area contributed by atoms with Gasteiger partial charge in [0.1, 0.15) is 5.82 Å². The molecule has 0 radical (unpaired) electrons. The first-order chi connectivity index (χ1) is 10.4. The van der Waals surface area contributed by atoms with Crippen LogP contribution in [0.2, 0.25) is 0 Å². The second kappa shape index (κ2) is 5.14. The highest BCUT2D eigenvalue weighted by atomic mass is 32.2. The van der Waals surface area contributed by atoms with Crippen LogP contribution in [0.15, 0.2) is 47.4 Å². The topological polar surface area (TPSA) is 64.0 Å². The van der Waals surface area contributed by atoms with Gasteiger partial charge in [0.25, 0.3) is 10.0 Å². The maximum Gasteiger partial charge on any atom is 0.262 e. The van der Waals surface area contributed by atoms with Crippen molar-refractivity contribution in [3.05, 3.63) is 53.9 Å². The fraction of sp³-hybridized carbons (Fsp3) is 0.188. The van der Waals surface area contributed by atoms with E-state index in [4.69, 9.17) is 0 Å². The second-order valence-electron chi connectivity index (χ2n) is 5.29. The minimum atomic E-state index is -3.60. The molecule has 6 heteroatoms. The molecule has 2 aromatic carbocycles. The van der Waals surface area contributed by atoms with Gasteiger partial charge in [-0.25, -0.2) is 13.4 Å². The molecule has 0 bridgehead atoms. The number of aromatic nitrogens is 2. The number of anilines is 1. The summed E-state index contributed by atoms with van der Waals surface area (Å²) >= 11 is 0. The molecule has 0 aliphatic carbocycles. The van der Waals surface area contributed by atoms with Gasteiger partial charge in [-0.1, -0.05) is 18.2 Å². The van der Waals surface area contributed by atoms with Gasteiger partial charge in [-0.05, 0) is 43.7 Å².